The van der Waals surface area contributed by atoms with Gasteiger partial charge in [0.1, 0.15) is 0 Å². The first kappa shape index (κ1) is 10.0. The standard InChI is InChI=1S/C14H17NO/c15-14(9-10-6-7-12(14)8-10)13(16)11-4-2-1-3-5-11/h1-5,10,12H,6-9,15H2/t10-,12+,14+/m0/s1. The third kappa shape index (κ3) is 1.33. The molecule has 1 aromatic rings. The molecule has 2 bridgehead atoms. The van der Waals surface area contributed by atoms with Gasteiger partial charge in [0.05, 0.1) is 5.54 Å². The Morgan fingerprint density at radius 2 is 2.00 bits per heavy atom. The van der Waals surface area contributed by atoms with E-state index in [1.165, 1.54) is 6.42 Å². The maximum absolute atomic E-state index is 12.4. The minimum atomic E-state index is -0.565. The molecule has 0 heterocycles. The molecule has 2 fully saturated rings. The lowest BCUT2D eigenvalue weighted by Gasteiger charge is -2.32. The molecule has 3 atom stereocenters. The van der Waals surface area contributed by atoms with Gasteiger partial charge in [-0.15, -0.1) is 0 Å². The normalized spacial score (nSPS) is 36.6. The van der Waals surface area contributed by atoms with Crippen molar-refractivity contribution < 1.29 is 4.79 Å². The third-order valence-corrected chi connectivity index (χ3v) is 4.35. The SMILES string of the molecule is N[C@]1(C(=O)c2ccccc2)C[C@H]2CC[C@@H]1C2. The summed E-state index contributed by atoms with van der Waals surface area (Å²) in [5, 5.41) is 0. The van der Waals surface area contributed by atoms with Gasteiger partial charge in [0.2, 0.25) is 0 Å². The minimum absolute atomic E-state index is 0.153. The van der Waals surface area contributed by atoms with Crippen molar-refractivity contribution in [3.63, 3.8) is 0 Å². The largest absolute Gasteiger partial charge is 0.318 e. The Kier molecular flexibility index (Phi) is 2.15. The molecule has 2 saturated carbocycles. The molecular weight excluding hydrogens is 198 g/mol. The van der Waals surface area contributed by atoms with Gasteiger partial charge in [0, 0.05) is 5.56 Å². The van der Waals surface area contributed by atoms with Crippen molar-refractivity contribution in [1.82, 2.24) is 0 Å². The fourth-order valence-corrected chi connectivity index (χ4v) is 3.51. The van der Waals surface area contributed by atoms with E-state index in [4.69, 9.17) is 5.73 Å². The van der Waals surface area contributed by atoms with Crippen LogP contribution in [0.1, 0.15) is 36.0 Å². The number of carbonyl (C=O) groups excluding carboxylic acids is 1. The number of fused-ring (bicyclic) bond motifs is 2. The molecule has 2 N–H and O–H groups in total. The quantitative estimate of drug-likeness (QED) is 0.770. The van der Waals surface area contributed by atoms with Crippen LogP contribution in [0.25, 0.3) is 0 Å². The fraction of sp³-hybridized carbons (Fsp3) is 0.500. The van der Waals surface area contributed by atoms with Crippen molar-refractivity contribution in [2.45, 2.75) is 31.2 Å². The van der Waals surface area contributed by atoms with Crippen molar-refractivity contribution in [3.05, 3.63) is 35.9 Å². The topological polar surface area (TPSA) is 43.1 Å². The molecule has 2 aliphatic rings. The Labute approximate surface area is 95.8 Å². The molecule has 0 radical (unpaired) electrons. The Morgan fingerprint density at radius 3 is 2.56 bits per heavy atom. The number of rotatable bonds is 2. The Balaban J connectivity index is 1.91. The van der Waals surface area contributed by atoms with E-state index in [2.05, 4.69) is 0 Å². The molecule has 84 valence electrons. The summed E-state index contributed by atoms with van der Waals surface area (Å²) in [5.41, 5.74) is 6.58. The smallest absolute Gasteiger partial charge is 0.182 e. The number of ketones is 1. The molecular formula is C14H17NO. The van der Waals surface area contributed by atoms with E-state index >= 15 is 0 Å². The summed E-state index contributed by atoms with van der Waals surface area (Å²) >= 11 is 0. The maximum Gasteiger partial charge on any atom is 0.182 e. The second kappa shape index (κ2) is 3.42. The van der Waals surface area contributed by atoms with Crippen molar-refractivity contribution in [2.24, 2.45) is 17.6 Å². The number of benzene rings is 1. The predicted molar refractivity (Wildman–Crippen MR) is 63.1 cm³/mol. The first-order valence-corrected chi connectivity index (χ1v) is 6.09. The summed E-state index contributed by atoms with van der Waals surface area (Å²) in [4.78, 5) is 12.4. The lowest BCUT2D eigenvalue weighted by molar-refractivity contribution is 0.0827. The van der Waals surface area contributed by atoms with Gasteiger partial charge in [0.15, 0.2) is 5.78 Å². The molecule has 2 heteroatoms. The third-order valence-electron chi connectivity index (χ3n) is 4.35. The van der Waals surface area contributed by atoms with E-state index in [-0.39, 0.29) is 5.78 Å². The zero-order valence-corrected chi connectivity index (χ0v) is 9.36. The second-order valence-electron chi connectivity index (χ2n) is 5.32. The van der Waals surface area contributed by atoms with Crippen LogP contribution in [0, 0.1) is 11.8 Å². The molecule has 0 aromatic heterocycles. The van der Waals surface area contributed by atoms with Crippen LogP contribution in [0.3, 0.4) is 0 Å². The summed E-state index contributed by atoms with van der Waals surface area (Å²) in [7, 11) is 0. The van der Waals surface area contributed by atoms with E-state index in [9.17, 15) is 4.79 Å². The lowest BCUT2D eigenvalue weighted by atomic mass is 9.76. The molecule has 3 rings (SSSR count). The maximum atomic E-state index is 12.4. The number of hydrogen-bond donors (Lipinski definition) is 1. The van der Waals surface area contributed by atoms with Crippen LogP contribution in [0.15, 0.2) is 30.3 Å². The number of Topliss-reactive ketones (excluding diaryl/α,β-unsaturated/α-hetero) is 1. The molecule has 0 saturated heterocycles. The molecule has 0 amide bonds. The Hall–Kier alpha value is -1.15. The fourth-order valence-electron chi connectivity index (χ4n) is 3.51. The van der Waals surface area contributed by atoms with Gasteiger partial charge in [-0.25, -0.2) is 0 Å². The van der Waals surface area contributed by atoms with Crippen molar-refractivity contribution >= 4 is 5.78 Å². The summed E-state index contributed by atoms with van der Waals surface area (Å²) in [6.07, 6.45) is 4.46. The number of nitrogens with two attached hydrogens (primary N) is 1. The zero-order valence-electron chi connectivity index (χ0n) is 9.36. The highest BCUT2D eigenvalue weighted by Gasteiger charge is 2.52. The van der Waals surface area contributed by atoms with Crippen LogP contribution in [0.4, 0.5) is 0 Å². The molecule has 16 heavy (non-hydrogen) atoms. The van der Waals surface area contributed by atoms with E-state index < -0.39 is 5.54 Å². The van der Waals surface area contributed by atoms with E-state index in [0.717, 1.165) is 24.8 Å². The van der Waals surface area contributed by atoms with Gasteiger partial charge in [-0.05, 0) is 31.1 Å². The molecule has 2 nitrogen and oxygen atoms in total. The predicted octanol–water partition coefficient (Wildman–Crippen LogP) is 2.39. The Morgan fingerprint density at radius 1 is 1.25 bits per heavy atom. The highest BCUT2D eigenvalue weighted by atomic mass is 16.1. The van der Waals surface area contributed by atoms with E-state index in [1.807, 2.05) is 30.3 Å². The van der Waals surface area contributed by atoms with Gasteiger partial charge < -0.3 is 5.73 Å². The van der Waals surface area contributed by atoms with Crippen molar-refractivity contribution in [1.29, 1.82) is 0 Å². The van der Waals surface area contributed by atoms with Crippen molar-refractivity contribution in [2.75, 3.05) is 0 Å². The van der Waals surface area contributed by atoms with Gasteiger partial charge in [-0.3, -0.25) is 4.79 Å². The van der Waals surface area contributed by atoms with Crippen LogP contribution >= 0.6 is 0 Å². The lowest BCUT2D eigenvalue weighted by Crippen LogP contribution is -2.52. The Bertz CT molecular complexity index is 414. The van der Waals surface area contributed by atoms with Crippen molar-refractivity contribution in [3.8, 4) is 0 Å². The summed E-state index contributed by atoms with van der Waals surface area (Å²) in [6.45, 7) is 0. The minimum Gasteiger partial charge on any atom is -0.318 e. The molecule has 1 aromatic carbocycles. The van der Waals surface area contributed by atoms with Gasteiger partial charge in [0.25, 0.3) is 0 Å². The van der Waals surface area contributed by atoms with Gasteiger partial charge in [-0.1, -0.05) is 36.8 Å². The molecule has 0 spiro atoms. The van der Waals surface area contributed by atoms with E-state index in [0.29, 0.717) is 11.8 Å². The highest BCUT2D eigenvalue weighted by molar-refractivity contribution is 6.03. The summed E-state index contributed by atoms with van der Waals surface area (Å²) < 4.78 is 0. The van der Waals surface area contributed by atoms with Crippen LogP contribution in [0.2, 0.25) is 0 Å². The first-order chi connectivity index (χ1) is 7.70. The average molecular weight is 215 g/mol. The molecule has 0 aliphatic heterocycles. The van der Waals surface area contributed by atoms with Gasteiger partial charge >= 0.3 is 0 Å². The molecule has 2 aliphatic carbocycles. The monoisotopic (exact) mass is 215 g/mol. The number of carbonyl (C=O) groups is 1. The second-order valence-corrected chi connectivity index (χ2v) is 5.32. The highest BCUT2D eigenvalue weighted by Crippen LogP contribution is 2.50. The summed E-state index contributed by atoms with van der Waals surface area (Å²) in [5.74, 6) is 1.27. The number of hydrogen-bond acceptors (Lipinski definition) is 2. The first-order valence-electron chi connectivity index (χ1n) is 6.09. The van der Waals surface area contributed by atoms with Crippen LogP contribution < -0.4 is 5.73 Å². The van der Waals surface area contributed by atoms with Crippen LogP contribution in [-0.2, 0) is 0 Å². The van der Waals surface area contributed by atoms with E-state index in [1.54, 1.807) is 0 Å². The van der Waals surface area contributed by atoms with Crippen LogP contribution in [-0.4, -0.2) is 11.3 Å². The van der Waals surface area contributed by atoms with Crippen LogP contribution in [0.5, 0.6) is 0 Å². The molecule has 0 unspecified atom stereocenters. The zero-order chi connectivity index (χ0) is 11.2. The summed E-state index contributed by atoms with van der Waals surface area (Å²) in [6, 6.07) is 9.50. The average Bonchev–Trinajstić information content (AvgIpc) is 2.89. The van der Waals surface area contributed by atoms with Gasteiger partial charge in [-0.2, -0.15) is 0 Å².